The average molecular weight is 253 g/mol. The van der Waals surface area contributed by atoms with Gasteiger partial charge >= 0.3 is 0 Å². The summed E-state index contributed by atoms with van der Waals surface area (Å²) in [5, 5.41) is 7.95. The lowest BCUT2D eigenvalue weighted by Crippen LogP contribution is -2.35. The predicted octanol–water partition coefficient (Wildman–Crippen LogP) is 0.0350. The molecule has 2 aromatic heterocycles. The first kappa shape index (κ1) is 10.3. The van der Waals surface area contributed by atoms with Crippen LogP contribution in [0.1, 0.15) is 5.82 Å². The second-order valence-electron chi connectivity index (χ2n) is 3.73. The molecule has 17 heavy (non-hydrogen) atoms. The fourth-order valence-corrected chi connectivity index (χ4v) is 2.06. The lowest BCUT2D eigenvalue weighted by molar-refractivity contribution is 0.555. The van der Waals surface area contributed by atoms with E-state index in [1.807, 2.05) is 9.47 Å². The lowest BCUT2D eigenvalue weighted by Gasteiger charge is -2.28. The van der Waals surface area contributed by atoms with Gasteiger partial charge in [0.1, 0.15) is 11.3 Å². The van der Waals surface area contributed by atoms with E-state index in [0.29, 0.717) is 12.4 Å². The summed E-state index contributed by atoms with van der Waals surface area (Å²) in [4.78, 5) is 19.8. The number of hydrogen-bond donors (Lipinski definition) is 1. The molecule has 0 unspecified atom stereocenters. The molecule has 2 aromatic rings. The van der Waals surface area contributed by atoms with Crippen molar-refractivity contribution in [1.29, 1.82) is 0 Å². The summed E-state index contributed by atoms with van der Waals surface area (Å²) in [6.07, 6.45) is 3.04. The van der Waals surface area contributed by atoms with Gasteiger partial charge in [0.25, 0.3) is 5.56 Å². The molecule has 3 rings (SSSR count). The summed E-state index contributed by atoms with van der Waals surface area (Å²) in [6, 6.07) is 0. The fraction of sp³-hybridized carbons (Fsp3) is 0.333. The van der Waals surface area contributed by atoms with Crippen molar-refractivity contribution in [2.75, 3.05) is 11.4 Å². The first-order valence-corrected chi connectivity index (χ1v) is 5.48. The molecule has 0 fully saturated rings. The minimum atomic E-state index is -0.330. The molecule has 1 N–H and O–H groups in total. The second kappa shape index (κ2) is 3.85. The van der Waals surface area contributed by atoms with Crippen LogP contribution in [-0.4, -0.2) is 31.3 Å². The highest BCUT2D eigenvalue weighted by Crippen LogP contribution is 2.22. The van der Waals surface area contributed by atoms with Crippen molar-refractivity contribution < 1.29 is 0 Å². The van der Waals surface area contributed by atoms with Crippen LogP contribution in [-0.2, 0) is 13.1 Å². The molecular formula is C9H9ClN6O. The highest BCUT2D eigenvalue weighted by molar-refractivity contribution is 6.32. The van der Waals surface area contributed by atoms with E-state index >= 15 is 0 Å². The summed E-state index contributed by atoms with van der Waals surface area (Å²) in [7, 11) is 0. The molecule has 0 spiro atoms. The van der Waals surface area contributed by atoms with Gasteiger partial charge in [-0.2, -0.15) is 0 Å². The van der Waals surface area contributed by atoms with Gasteiger partial charge in [0.15, 0.2) is 11.6 Å². The smallest absolute Gasteiger partial charge is 0.271 e. The normalized spacial score (nSPS) is 14.8. The highest BCUT2D eigenvalue weighted by atomic mass is 35.5. The summed E-state index contributed by atoms with van der Waals surface area (Å²) in [6.45, 7) is 2.03. The minimum absolute atomic E-state index is 0.112. The van der Waals surface area contributed by atoms with E-state index in [9.17, 15) is 4.79 Å². The number of aromatic nitrogens is 5. The largest absolute Gasteiger partial charge is 0.346 e. The Morgan fingerprint density at radius 1 is 1.41 bits per heavy atom. The number of fused-ring (bicyclic) bond motifs is 1. The molecule has 0 saturated carbocycles. The zero-order valence-corrected chi connectivity index (χ0v) is 9.55. The third-order valence-corrected chi connectivity index (χ3v) is 3.06. The van der Waals surface area contributed by atoms with Crippen LogP contribution in [0.5, 0.6) is 0 Å². The maximum absolute atomic E-state index is 11.4. The molecule has 7 nitrogen and oxygen atoms in total. The highest BCUT2D eigenvalue weighted by Gasteiger charge is 2.21. The van der Waals surface area contributed by atoms with Gasteiger partial charge in [-0.25, -0.2) is 4.98 Å². The van der Waals surface area contributed by atoms with Gasteiger partial charge in [-0.15, -0.1) is 10.2 Å². The molecule has 88 valence electrons. The number of halogens is 1. The van der Waals surface area contributed by atoms with Gasteiger partial charge in [0.2, 0.25) is 0 Å². The van der Waals surface area contributed by atoms with E-state index < -0.39 is 0 Å². The number of H-pyrrole nitrogens is 1. The van der Waals surface area contributed by atoms with Crippen LogP contribution in [0.2, 0.25) is 5.02 Å². The van der Waals surface area contributed by atoms with Gasteiger partial charge in [-0.3, -0.25) is 4.79 Å². The summed E-state index contributed by atoms with van der Waals surface area (Å²) >= 11 is 5.94. The Hall–Kier alpha value is -1.89. The van der Waals surface area contributed by atoms with Crippen LogP contribution < -0.4 is 10.5 Å². The van der Waals surface area contributed by atoms with Crippen LogP contribution in [0.3, 0.4) is 0 Å². The van der Waals surface area contributed by atoms with Gasteiger partial charge in [0.05, 0.1) is 12.9 Å². The predicted molar refractivity (Wildman–Crippen MR) is 60.9 cm³/mol. The van der Waals surface area contributed by atoms with Crippen molar-refractivity contribution in [1.82, 2.24) is 24.7 Å². The molecule has 0 aromatic carbocycles. The molecule has 3 heterocycles. The zero-order valence-electron chi connectivity index (χ0n) is 8.80. The maximum atomic E-state index is 11.4. The zero-order chi connectivity index (χ0) is 11.8. The molecular weight excluding hydrogens is 244 g/mol. The number of aromatic amines is 1. The summed E-state index contributed by atoms with van der Waals surface area (Å²) < 4.78 is 1.97. The van der Waals surface area contributed by atoms with Gasteiger partial charge in [0, 0.05) is 13.1 Å². The van der Waals surface area contributed by atoms with Crippen LogP contribution in [0.25, 0.3) is 0 Å². The van der Waals surface area contributed by atoms with Gasteiger partial charge in [-0.1, -0.05) is 11.6 Å². The van der Waals surface area contributed by atoms with Gasteiger partial charge < -0.3 is 14.5 Å². The number of rotatable bonds is 1. The standard InChI is InChI=1S/C9H9ClN6O/c10-7-8(11-4-12-9(7)17)15-1-2-16-5-13-14-6(16)3-15/h4-5H,1-3H2,(H,11,12,17). The number of nitrogens with one attached hydrogen (secondary N) is 1. The molecule has 0 aliphatic carbocycles. The number of hydrogen-bond acceptors (Lipinski definition) is 5. The Labute approximate surface area is 101 Å². The number of anilines is 1. The molecule has 0 amide bonds. The Kier molecular flexibility index (Phi) is 2.32. The van der Waals surface area contributed by atoms with E-state index in [2.05, 4.69) is 20.2 Å². The van der Waals surface area contributed by atoms with Crippen molar-refractivity contribution in [3.05, 3.63) is 33.9 Å². The van der Waals surface area contributed by atoms with E-state index in [0.717, 1.165) is 18.9 Å². The van der Waals surface area contributed by atoms with E-state index in [1.54, 1.807) is 6.33 Å². The van der Waals surface area contributed by atoms with Crippen molar-refractivity contribution >= 4 is 17.4 Å². The molecule has 0 radical (unpaired) electrons. The Morgan fingerprint density at radius 3 is 3.18 bits per heavy atom. The van der Waals surface area contributed by atoms with Crippen LogP contribution in [0, 0.1) is 0 Å². The molecule has 0 bridgehead atoms. The summed E-state index contributed by atoms with van der Waals surface area (Å²) in [5.41, 5.74) is -0.330. The Bertz CT molecular complexity index is 606. The van der Waals surface area contributed by atoms with Gasteiger partial charge in [-0.05, 0) is 0 Å². The van der Waals surface area contributed by atoms with Crippen molar-refractivity contribution in [3.63, 3.8) is 0 Å². The first-order valence-electron chi connectivity index (χ1n) is 5.10. The van der Waals surface area contributed by atoms with E-state index in [1.165, 1.54) is 6.33 Å². The third kappa shape index (κ3) is 1.68. The second-order valence-corrected chi connectivity index (χ2v) is 4.11. The Balaban J connectivity index is 1.97. The van der Waals surface area contributed by atoms with Crippen LogP contribution in [0.4, 0.5) is 5.82 Å². The average Bonchev–Trinajstić information content (AvgIpc) is 2.79. The van der Waals surface area contributed by atoms with E-state index in [4.69, 9.17) is 11.6 Å². The fourth-order valence-electron chi connectivity index (χ4n) is 1.84. The molecule has 1 aliphatic heterocycles. The lowest BCUT2D eigenvalue weighted by atomic mass is 10.3. The van der Waals surface area contributed by atoms with E-state index in [-0.39, 0.29) is 10.6 Å². The third-order valence-electron chi connectivity index (χ3n) is 2.72. The summed E-state index contributed by atoms with van der Waals surface area (Å²) in [5.74, 6) is 1.33. The van der Waals surface area contributed by atoms with Crippen molar-refractivity contribution in [2.45, 2.75) is 13.1 Å². The van der Waals surface area contributed by atoms with Crippen LogP contribution >= 0.6 is 11.6 Å². The quantitative estimate of drug-likeness (QED) is 0.775. The Morgan fingerprint density at radius 2 is 2.29 bits per heavy atom. The molecule has 0 saturated heterocycles. The number of nitrogens with zero attached hydrogens (tertiary/aromatic N) is 5. The topological polar surface area (TPSA) is 79.7 Å². The van der Waals surface area contributed by atoms with Crippen molar-refractivity contribution in [3.8, 4) is 0 Å². The molecule has 8 heteroatoms. The monoisotopic (exact) mass is 252 g/mol. The maximum Gasteiger partial charge on any atom is 0.271 e. The first-order chi connectivity index (χ1) is 8.25. The molecule has 1 aliphatic rings. The van der Waals surface area contributed by atoms with Crippen molar-refractivity contribution in [2.24, 2.45) is 0 Å². The van der Waals surface area contributed by atoms with Crippen LogP contribution in [0.15, 0.2) is 17.4 Å². The SMILES string of the molecule is O=c1[nH]cnc(N2CCn3cnnc3C2)c1Cl. The minimum Gasteiger partial charge on any atom is -0.346 e. The molecule has 0 atom stereocenters.